The van der Waals surface area contributed by atoms with E-state index in [-0.39, 0.29) is 28.8 Å². The van der Waals surface area contributed by atoms with Crippen molar-refractivity contribution in [2.24, 2.45) is 0 Å². The fourth-order valence-corrected chi connectivity index (χ4v) is 4.53. The first-order valence-corrected chi connectivity index (χ1v) is 9.90. The normalized spacial score (nSPS) is 16.7. The maximum Gasteiger partial charge on any atom is 0.270 e. The molecule has 0 fully saturated rings. The second kappa shape index (κ2) is 6.90. The van der Waals surface area contributed by atoms with Gasteiger partial charge in [-0.2, -0.15) is 0 Å². The molecule has 3 aromatic rings. The summed E-state index contributed by atoms with van der Waals surface area (Å²) >= 11 is 1.27. The molecule has 1 amide bonds. The lowest BCUT2D eigenvalue weighted by Crippen LogP contribution is -2.19. The van der Waals surface area contributed by atoms with E-state index in [1.54, 1.807) is 23.9 Å². The molecule has 0 saturated carbocycles. The Kier molecular flexibility index (Phi) is 4.54. The minimum Gasteiger partial charge on any atom is -0.497 e. The molecule has 0 radical (unpaired) electrons. The number of nitrogens with one attached hydrogen (secondary N) is 3. The Balaban J connectivity index is 1.92. The van der Waals surface area contributed by atoms with Gasteiger partial charge in [-0.15, -0.1) is 11.8 Å². The maximum absolute atomic E-state index is 12.9. The molecule has 2 aromatic heterocycles. The number of fused-ring (bicyclic) bond motifs is 2. The van der Waals surface area contributed by atoms with E-state index in [1.165, 1.54) is 11.8 Å². The Morgan fingerprint density at radius 3 is 2.68 bits per heavy atom. The van der Waals surface area contributed by atoms with Crippen LogP contribution in [0.2, 0.25) is 0 Å². The number of pyridine rings is 1. The van der Waals surface area contributed by atoms with Crippen molar-refractivity contribution in [3.63, 3.8) is 0 Å². The van der Waals surface area contributed by atoms with Crippen LogP contribution in [-0.2, 0) is 4.79 Å². The molecule has 0 aliphatic carbocycles. The molecular formula is C19H20N4O4S. The number of aromatic amines is 2. The van der Waals surface area contributed by atoms with Gasteiger partial charge in [-0.25, -0.2) is 0 Å². The largest absolute Gasteiger partial charge is 0.497 e. The minimum absolute atomic E-state index is 0.0529. The van der Waals surface area contributed by atoms with Gasteiger partial charge in [0.1, 0.15) is 11.6 Å². The van der Waals surface area contributed by atoms with Crippen LogP contribution in [0, 0.1) is 0 Å². The van der Waals surface area contributed by atoms with Gasteiger partial charge >= 0.3 is 0 Å². The van der Waals surface area contributed by atoms with Crippen LogP contribution < -0.4 is 21.2 Å². The number of benzene rings is 1. The zero-order chi connectivity index (χ0) is 20.0. The molecule has 28 heavy (non-hydrogen) atoms. The number of hydrogen-bond donors (Lipinski definition) is 3. The smallest absolute Gasteiger partial charge is 0.270 e. The summed E-state index contributed by atoms with van der Waals surface area (Å²) in [5.41, 5.74) is 0.873. The number of carbonyl (C=O) groups is 1. The average Bonchev–Trinajstić information content (AvgIpc) is 2.87. The molecule has 8 nitrogen and oxygen atoms in total. The predicted molar refractivity (Wildman–Crippen MR) is 109 cm³/mol. The second-order valence-electron chi connectivity index (χ2n) is 6.91. The second-order valence-corrected chi connectivity index (χ2v) is 8.01. The number of hydrogen-bond acceptors (Lipinski definition) is 5. The van der Waals surface area contributed by atoms with E-state index in [4.69, 9.17) is 4.74 Å². The molecule has 3 heterocycles. The van der Waals surface area contributed by atoms with E-state index >= 15 is 0 Å². The monoisotopic (exact) mass is 400 g/mol. The van der Waals surface area contributed by atoms with E-state index in [1.807, 2.05) is 26.0 Å². The van der Waals surface area contributed by atoms with E-state index in [9.17, 15) is 14.4 Å². The van der Waals surface area contributed by atoms with Crippen LogP contribution in [0.25, 0.3) is 10.9 Å². The predicted octanol–water partition coefficient (Wildman–Crippen LogP) is 2.38. The summed E-state index contributed by atoms with van der Waals surface area (Å²) in [4.78, 5) is 40.7. The summed E-state index contributed by atoms with van der Waals surface area (Å²) in [6, 6.07) is 7.13. The SMILES string of the molecule is COc1ccc2cc(C3SCC(=O)Nc4c3c(=O)[nH]n4C(C)C)c(=O)[nH]c2c1. The van der Waals surface area contributed by atoms with E-state index < -0.39 is 5.25 Å². The molecule has 1 aromatic carbocycles. The standard InChI is InChI=1S/C19H20N4O4S/c1-9(2)23-17-15(19(26)22-23)16(28-8-14(24)21-17)12-6-10-4-5-11(27-3)7-13(10)20-18(12)25/h4-7,9,16H,8H2,1-3H3,(H,20,25)(H,21,24)(H,22,26). The molecule has 9 heteroatoms. The molecular weight excluding hydrogens is 380 g/mol. The number of nitrogens with zero attached hydrogens (tertiary/aromatic N) is 1. The molecule has 0 bridgehead atoms. The molecule has 4 rings (SSSR count). The van der Waals surface area contributed by atoms with Gasteiger partial charge in [-0.05, 0) is 37.4 Å². The van der Waals surface area contributed by atoms with Crippen molar-refractivity contribution < 1.29 is 9.53 Å². The fourth-order valence-electron chi connectivity index (χ4n) is 3.40. The van der Waals surface area contributed by atoms with Gasteiger partial charge < -0.3 is 15.0 Å². The lowest BCUT2D eigenvalue weighted by molar-refractivity contribution is -0.113. The van der Waals surface area contributed by atoms with Crippen molar-refractivity contribution in [3.05, 3.63) is 56.1 Å². The van der Waals surface area contributed by atoms with Crippen molar-refractivity contribution in [2.45, 2.75) is 25.1 Å². The molecule has 1 unspecified atom stereocenters. The number of aromatic nitrogens is 3. The third-order valence-corrected chi connectivity index (χ3v) is 6.00. The number of amides is 1. The van der Waals surface area contributed by atoms with E-state index in [0.717, 1.165) is 5.39 Å². The highest BCUT2D eigenvalue weighted by Crippen LogP contribution is 2.39. The zero-order valence-electron chi connectivity index (χ0n) is 15.7. The Labute approximate surface area is 164 Å². The number of carbonyl (C=O) groups excluding carboxylic acids is 1. The van der Waals surface area contributed by atoms with E-state index in [2.05, 4.69) is 15.4 Å². The molecule has 1 aliphatic heterocycles. The lowest BCUT2D eigenvalue weighted by Gasteiger charge is -2.15. The third-order valence-electron chi connectivity index (χ3n) is 4.74. The number of anilines is 1. The summed E-state index contributed by atoms with van der Waals surface area (Å²) in [6.07, 6.45) is 0. The molecule has 1 aliphatic rings. The van der Waals surface area contributed by atoms with Crippen molar-refractivity contribution in [1.29, 1.82) is 0 Å². The first-order valence-electron chi connectivity index (χ1n) is 8.86. The molecule has 0 saturated heterocycles. The van der Waals surface area contributed by atoms with Crippen LogP contribution in [-0.4, -0.2) is 33.5 Å². The average molecular weight is 400 g/mol. The lowest BCUT2D eigenvalue weighted by atomic mass is 10.1. The van der Waals surface area contributed by atoms with Gasteiger partial charge in [0.25, 0.3) is 11.1 Å². The summed E-state index contributed by atoms with van der Waals surface area (Å²) in [6.45, 7) is 3.82. The minimum atomic E-state index is -0.562. The van der Waals surface area contributed by atoms with Gasteiger partial charge in [-0.1, -0.05) is 0 Å². The van der Waals surface area contributed by atoms with Gasteiger partial charge in [0.2, 0.25) is 5.91 Å². The van der Waals surface area contributed by atoms with Crippen LogP contribution in [0.1, 0.15) is 36.3 Å². The fraction of sp³-hybridized carbons (Fsp3) is 0.316. The number of methoxy groups -OCH3 is 1. The summed E-state index contributed by atoms with van der Waals surface area (Å²) < 4.78 is 6.84. The quantitative estimate of drug-likeness (QED) is 0.625. The highest BCUT2D eigenvalue weighted by molar-refractivity contribution is 8.00. The van der Waals surface area contributed by atoms with Gasteiger partial charge in [0.05, 0.1) is 29.2 Å². The van der Waals surface area contributed by atoms with Gasteiger partial charge in [0, 0.05) is 17.7 Å². The van der Waals surface area contributed by atoms with Crippen molar-refractivity contribution >= 4 is 34.4 Å². The molecule has 1 atom stereocenters. The highest BCUT2D eigenvalue weighted by atomic mass is 32.2. The number of H-pyrrole nitrogens is 2. The van der Waals surface area contributed by atoms with Crippen LogP contribution in [0.5, 0.6) is 5.75 Å². The Morgan fingerprint density at radius 2 is 1.96 bits per heavy atom. The van der Waals surface area contributed by atoms with E-state index in [0.29, 0.717) is 28.2 Å². The van der Waals surface area contributed by atoms with Crippen LogP contribution >= 0.6 is 11.8 Å². The highest BCUT2D eigenvalue weighted by Gasteiger charge is 2.32. The Hall–Kier alpha value is -2.94. The zero-order valence-corrected chi connectivity index (χ0v) is 16.5. The topological polar surface area (TPSA) is 109 Å². The van der Waals surface area contributed by atoms with Crippen molar-refractivity contribution in [3.8, 4) is 5.75 Å². The molecule has 3 N–H and O–H groups in total. The Morgan fingerprint density at radius 1 is 1.18 bits per heavy atom. The van der Waals surface area contributed by atoms with Crippen LogP contribution in [0.15, 0.2) is 33.9 Å². The summed E-state index contributed by atoms with van der Waals surface area (Å²) in [5, 5.41) is 5.84. The van der Waals surface area contributed by atoms with Crippen LogP contribution in [0.3, 0.4) is 0 Å². The van der Waals surface area contributed by atoms with Crippen LogP contribution in [0.4, 0.5) is 5.82 Å². The van der Waals surface area contributed by atoms with Gasteiger partial charge in [0.15, 0.2) is 0 Å². The molecule has 146 valence electrons. The molecule has 0 spiro atoms. The summed E-state index contributed by atoms with van der Waals surface area (Å²) in [5.74, 6) is 1.01. The first kappa shape index (κ1) is 18.4. The van der Waals surface area contributed by atoms with Crippen molar-refractivity contribution in [1.82, 2.24) is 14.8 Å². The number of ether oxygens (including phenoxy) is 1. The number of rotatable bonds is 3. The maximum atomic E-state index is 12.9. The Bertz CT molecular complexity index is 1190. The first-order chi connectivity index (χ1) is 13.4. The van der Waals surface area contributed by atoms with Gasteiger partial charge in [-0.3, -0.25) is 24.2 Å². The number of thioether (sulfide) groups is 1. The summed E-state index contributed by atoms with van der Waals surface area (Å²) in [7, 11) is 1.56. The third kappa shape index (κ3) is 3.01. The van der Waals surface area contributed by atoms with Crippen molar-refractivity contribution in [2.75, 3.05) is 18.2 Å².